The molecular weight excluding hydrogens is 362 g/mol. The van der Waals surface area contributed by atoms with Crippen molar-refractivity contribution in [2.75, 3.05) is 58.5 Å². The van der Waals surface area contributed by atoms with E-state index in [0.717, 1.165) is 48.5 Å². The molecule has 0 aliphatic carbocycles. The summed E-state index contributed by atoms with van der Waals surface area (Å²) in [4.78, 5) is 9.51. The summed E-state index contributed by atoms with van der Waals surface area (Å²) < 4.78 is 16.3. The minimum absolute atomic E-state index is 0.326. The number of aryl methyl sites for hydroxylation is 1. The molecule has 0 unspecified atom stereocenters. The van der Waals surface area contributed by atoms with Crippen molar-refractivity contribution < 1.29 is 14.2 Å². The first-order valence-electron chi connectivity index (χ1n) is 9.33. The Bertz CT molecular complexity index is 729. The molecule has 0 radical (unpaired) electrons. The van der Waals surface area contributed by atoms with Crippen LogP contribution in [0.1, 0.15) is 24.2 Å². The van der Waals surface area contributed by atoms with Crippen molar-refractivity contribution in [3.05, 3.63) is 34.8 Å². The van der Waals surface area contributed by atoms with Gasteiger partial charge in [-0.25, -0.2) is 4.98 Å². The highest BCUT2D eigenvalue weighted by atomic mass is 32.1. The van der Waals surface area contributed by atoms with Gasteiger partial charge in [-0.15, -0.1) is 11.3 Å². The maximum atomic E-state index is 5.74. The average molecular weight is 392 g/mol. The molecule has 0 spiro atoms. The van der Waals surface area contributed by atoms with Crippen LogP contribution in [0.15, 0.2) is 23.6 Å². The molecule has 6 nitrogen and oxygen atoms in total. The first-order valence-corrected chi connectivity index (χ1v) is 10.2. The fraction of sp³-hybridized carbons (Fsp3) is 0.550. The van der Waals surface area contributed by atoms with E-state index in [1.807, 2.05) is 13.0 Å². The van der Waals surface area contributed by atoms with Crippen LogP contribution in [0.25, 0.3) is 0 Å². The Labute approximate surface area is 165 Å². The molecule has 1 aliphatic heterocycles. The SMILES string of the molecule is COCCOc1ccc([C@@H](C)N2CCN(c3nc(C)cs3)CC2)cc1OC. The van der Waals surface area contributed by atoms with Crippen LogP contribution in [0, 0.1) is 6.92 Å². The van der Waals surface area contributed by atoms with Gasteiger partial charge in [0, 0.05) is 44.7 Å². The van der Waals surface area contributed by atoms with Crippen molar-refractivity contribution in [2.45, 2.75) is 19.9 Å². The lowest BCUT2D eigenvalue weighted by molar-refractivity contribution is 0.144. The van der Waals surface area contributed by atoms with Crippen LogP contribution in [0.3, 0.4) is 0 Å². The van der Waals surface area contributed by atoms with Gasteiger partial charge in [0.1, 0.15) is 6.61 Å². The van der Waals surface area contributed by atoms with E-state index in [2.05, 4.69) is 39.2 Å². The van der Waals surface area contributed by atoms with Crippen LogP contribution >= 0.6 is 11.3 Å². The summed E-state index contributed by atoms with van der Waals surface area (Å²) in [6, 6.07) is 6.54. The Balaban J connectivity index is 1.61. The zero-order valence-corrected chi connectivity index (χ0v) is 17.4. The van der Waals surface area contributed by atoms with Gasteiger partial charge in [0.05, 0.1) is 19.4 Å². The summed E-state index contributed by atoms with van der Waals surface area (Å²) in [5, 5.41) is 3.26. The molecule has 1 aromatic heterocycles. The van der Waals surface area contributed by atoms with Gasteiger partial charge < -0.3 is 19.1 Å². The number of ether oxygens (including phenoxy) is 3. The molecule has 1 aromatic carbocycles. The highest BCUT2D eigenvalue weighted by molar-refractivity contribution is 7.13. The van der Waals surface area contributed by atoms with E-state index in [1.54, 1.807) is 25.6 Å². The monoisotopic (exact) mass is 391 g/mol. The Hall–Kier alpha value is -1.83. The quantitative estimate of drug-likeness (QED) is 0.643. The first-order chi connectivity index (χ1) is 13.1. The largest absolute Gasteiger partial charge is 0.493 e. The molecule has 2 aromatic rings. The zero-order chi connectivity index (χ0) is 19.2. The van der Waals surface area contributed by atoms with E-state index >= 15 is 0 Å². The van der Waals surface area contributed by atoms with Gasteiger partial charge >= 0.3 is 0 Å². The molecule has 1 atom stereocenters. The molecule has 3 rings (SSSR count). The van der Waals surface area contributed by atoms with E-state index in [0.29, 0.717) is 19.3 Å². The minimum atomic E-state index is 0.326. The molecule has 7 heteroatoms. The van der Waals surface area contributed by atoms with E-state index in [1.165, 1.54) is 5.56 Å². The third-order valence-electron chi connectivity index (χ3n) is 4.95. The van der Waals surface area contributed by atoms with Crippen molar-refractivity contribution in [3.8, 4) is 11.5 Å². The number of nitrogens with zero attached hydrogens (tertiary/aromatic N) is 3. The summed E-state index contributed by atoms with van der Waals surface area (Å²) in [6.07, 6.45) is 0. The molecule has 2 heterocycles. The number of benzene rings is 1. The number of hydrogen-bond acceptors (Lipinski definition) is 7. The van der Waals surface area contributed by atoms with Gasteiger partial charge in [-0.05, 0) is 31.5 Å². The lowest BCUT2D eigenvalue weighted by atomic mass is 10.1. The van der Waals surface area contributed by atoms with Crippen LogP contribution < -0.4 is 14.4 Å². The fourth-order valence-corrected chi connectivity index (χ4v) is 4.15. The maximum Gasteiger partial charge on any atom is 0.185 e. The van der Waals surface area contributed by atoms with Crippen molar-refractivity contribution in [1.29, 1.82) is 0 Å². The Kier molecular flexibility index (Phi) is 6.93. The van der Waals surface area contributed by atoms with Gasteiger partial charge in [-0.1, -0.05) is 6.07 Å². The molecule has 0 amide bonds. The molecule has 0 bridgehead atoms. The van der Waals surface area contributed by atoms with E-state index in [4.69, 9.17) is 14.2 Å². The lowest BCUT2D eigenvalue weighted by Crippen LogP contribution is -2.47. The van der Waals surface area contributed by atoms with Crippen LogP contribution in [-0.2, 0) is 4.74 Å². The molecule has 148 valence electrons. The standard InChI is InChI=1S/C20H29N3O3S/c1-15-14-27-20(21-15)23-9-7-22(8-10-23)16(2)17-5-6-18(19(13-17)25-4)26-12-11-24-3/h5-6,13-14,16H,7-12H2,1-4H3/t16-/m1/s1. The number of rotatable bonds is 8. The number of aromatic nitrogens is 1. The number of methoxy groups -OCH3 is 2. The van der Waals surface area contributed by atoms with Crippen molar-refractivity contribution >= 4 is 16.5 Å². The highest BCUT2D eigenvalue weighted by Crippen LogP contribution is 2.33. The first kappa shape index (κ1) is 19.9. The highest BCUT2D eigenvalue weighted by Gasteiger charge is 2.24. The van der Waals surface area contributed by atoms with Gasteiger partial charge in [0.25, 0.3) is 0 Å². The Morgan fingerprint density at radius 1 is 1.11 bits per heavy atom. The van der Waals surface area contributed by atoms with Crippen LogP contribution in [-0.4, -0.2) is 63.5 Å². The smallest absolute Gasteiger partial charge is 0.185 e. The number of hydrogen-bond donors (Lipinski definition) is 0. The number of anilines is 1. The maximum absolute atomic E-state index is 5.74. The molecule has 0 saturated carbocycles. The Morgan fingerprint density at radius 3 is 2.52 bits per heavy atom. The predicted octanol–water partition coefficient (Wildman–Crippen LogP) is 3.37. The third-order valence-corrected chi connectivity index (χ3v) is 5.97. The van der Waals surface area contributed by atoms with E-state index in [-0.39, 0.29) is 0 Å². The molecule has 27 heavy (non-hydrogen) atoms. The predicted molar refractivity (Wildman–Crippen MR) is 109 cm³/mol. The van der Waals surface area contributed by atoms with Crippen molar-refractivity contribution in [2.24, 2.45) is 0 Å². The van der Waals surface area contributed by atoms with Crippen LogP contribution in [0.5, 0.6) is 11.5 Å². The summed E-state index contributed by atoms with van der Waals surface area (Å²) in [7, 11) is 3.35. The number of thiazole rings is 1. The second kappa shape index (κ2) is 9.39. The van der Waals surface area contributed by atoms with Gasteiger partial charge in [0.15, 0.2) is 16.6 Å². The average Bonchev–Trinajstić information content (AvgIpc) is 3.14. The van der Waals surface area contributed by atoms with Crippen LogP contribution in [0.4, 0.5) is 5.13 Å². The topological polar surface area (TPSA) is 47.1 Å². The Morgan fingerprint density at radius 2 is 1.89 bits per heavy atom. The van der Waals surface area contributed by atoms with Gasteiger partial charge in [-0.2, -0.15) is 0 Å². The molecule has 1 fully saturated rings. The summed E-state index contributed by atoms with van der Waals surface area (Å²) in [5.74, 6) is 1.53. The second-order valence-electron chi connectivity index (χ2n) is 6.72. The number of piperazine rings is 1. The van der Waals surface area contributed by atoms with Gasteiger partial charge in [0.2, 0.25) is 0 Å². The minimum Gasteiger partial charge on any atom is -0.493 e. The zero-order valence-electron chi connectivity index (χ0n) is 16.6. The lowest BCUT2D eigenvalue weighted by Gasteiger charge is -2.38. The molecule has 0 N–H and O–H groups in total. The fourth-order valence-electron chi connectivity index (χ4n) is 3.30. The summed E-state index contributed by atoms with van der Waals surface area (Å²) >= 11 is 1.73. The van der Waals surface area contributed by atoms with Crippen molar-refractivity contribution in [1.82, 2.24) is 9.88 Å². The van der Waals surface area contributed by atoms with Crippen molar-refractivity contribution in [3.63, 3.8) is 0 Å². The normalized spacial score (nSPS) is 16.4. The molecular formula is C20H29N3O3S. The third kappa shape index (κ3) is 4.91. The molecule has 1 saturated heterocycles. The van der Waals surface area contributed by atoms with Crippen LogP contribution in [0.2, 0.25) is 0 Å². The van der Waals surface area contributed by atoms with E-state index in [9.17, 15) is 0 Å². The second-order valence-corrected chi connectivity index (χ2v) is 7.56. The summed E-state index contributed by atoms with van der Waals surface area (Å²) in [5.41, 5.74) is 2.34. The molecule has 1 aliphatic rings. The van der Waals surface area contributed by atoms with E-state index < -0.39 is 0 Å². The summed E-state index contributed by atoms with van der Waals surface area (Å²) in [6.45, 7) is 9.43. The van der Waals surface area contributed by atoms with Gasteiger partial charge in [-0.3, -0.25) is 4.90 Å².